The largest absolute Gasteiger partial charge is 0.477 e. The molecule has 40 valence electrons. The summed E-state index contributed by atoms with van der Waals surface area (Å²) in [6, 6.07) is 0. The molecule has 0 fully saturated rings. The number of carboxylic acid groups (broad SMARTS) is 1. The molecular weight excluding hydrogens is 98.0 g/mol. The number of nitrogens with one attached hydrogen (secondary N) is 1. The standard InChI is InChI=1S/C3H5NO3/c4-2(1-5)3(6)7/h4-5H,1H2,(H,6,7). The number of carbonyl (C=O) groups is 1. The second-order valence-corrected chi connectivity index (χ2v) is 0.942. The first-order valence-corrected chi connectivity index (χ1v) is 1.60. The predicted octanol–water partition coefficient (Wildman–Crippen LogP) is -0.917. The average Bonchev–Trinajstić information content (AvgIpc) is 1.65. The average molecular weight is 103 g/mol. The van der Waals surface area contributed by atoms with Crippen LogP contribution < -0.4 is 0 Å². The van der Waals surface area contributed by atoms with E-state index in [1.165, 1.54) is 0 Å². The quantitative estimate of drug-likeness (QED) is 0.395. The third-order valence-corrected chi connectivity index (χ3v) is 0.416. The smallest absolute Gasteiger partial charge is 0.351 e. The Balaban J connectivity index is 3.58. The molecule has 0 aliphatic rings. The molecule has 0 atom stereocenters. The molecular formula is C3H5NO3. The number of aliphatic carboxylic acids is 1. The van der Waals surface area contributed by atoms with Gasteiger partial charge in [0.15, 0.2) is 0 Å². The maximum Gasteiger partial charge on any atom is 0.351 e. The van der Waals surface area contributed by atoms with Crippen molar-refractivity contribution in [2.75, 3.05) is 6.61 Å². The second-order valence-electron chi connectivity index (χ2n) is 0.942. The number of aliphatic hydroxyl groups is 1. The molecule has 3 N–H and O–H groups in total. The van der Waals surface area contributed by atoms with Crippen molar-refractivity contribution in [3.63, 3.8) is 0 Å². The normalized spacial score (nSPS) is 8.14. The van der Waals surface area contributed by atoms with E-state index in [9.17, 15) is 4.79 Å². The van der Waals surface area contributed by atoms with Gasteiger partial charge in [0.25, 0.3) is 0 Å². The lowest BCUT2D eigenvalue weighted by atomic mass is 10.4. The van der Waals surface area contributed by atoms with Crippen molar-refractivity contribution in [2.24, 2.45) is 0 Å². The van der Waals surface area contributed by atoms with Crippen LogP contribution in [-0.2, 0) is 4.79 Å². The van der Waals surface area contributed by atoms with Crippen LogP contribution >= 0.6 is 0 Å². The van der Waals surface area contributed by atoms with Crippen LogP contribution in [-0.4, -0.2) is 28.5 Å². The fraction of sp³-hybridized carbons (Fsp3) is 0.333. The summed E-state index contributed by atoms with van der Waals surface area (Å²) in [5.74, 6) is -1.37. The molecule has 0 unspecified atom stereocenters. The van der Waals surface area contributed by atoms with Crippen LogP contribution in [0.3, 0.4) is 0 Å². The van der Waals surface area contributed by atoms with Crippen LogP contribution in [0.15, 0.2) is 0 Å². The van der Waals surface area contributed by atoms with Crippen molar-refractivity contribution >= 4 is 11.7 Å². The van der Waals surface area contributed by atoms with Gasteiger partial charge in [-0.15, -0.1) is 0 Å². The minimum atomic E-state index is -1.37. The minimum absolute atomic E-state index is 0.681. The van der Waals surface area contributed by atoms with Gasteiger partial charge in [0.1, 0.15) is 5.71 Å². The zero-order valence-corrected chi connectivity index (χ0v) is 3.51. The maximum atomic E-state index is 9.55. The monoisotopic (exact) mass is 103 g/mol. The van der Waals surface area contributed by atoms with Crippen molar-refractivity contribution in [1.82, 2.24) is 0 Å². The van der Waals surface area contributed by atoms with Gasteiger partial charge in [0.2, 0.25) is 0 Å². The molecule has 0 aromatic carbocycles. The van der Waals surface area contributed by atoms with E-state index in [-0.39, 0.29) is 0 Å². The molecule has 0 heterocycles. The van der Waals surface area contributed by atoms with E-state index in [4.69, 9.17) is 15.6 Å². The lowest BCUT2D eigenvalue weighted by molar-refractivity contribution is -0.129. The molecule has 0 aliphatic heterocycles. The summed E-state index contributed by atoms with van der Waals surface area (Å²) in [4.78, 5) is 9.55. The van der Waals surface area contributed by atoms with Crippen molar-refractivity contribution in [3.8, 4) is 0 Å². The Morgan fingerprint density at radius 3 is 2.14 bits per heavy atom. The SMILES string of the molecule is N=C(CO)C(=O)O. The number of carboxylic acids is 1. The number of hydrogen-bond acceptors (Lipinski definition) is 3. The molecule has 0 amide bonds. The van der Waals surface area contributed by atoms with E-state index in [2.05, 4.69) is 0 Å². The van der Waals surface area contributed by atoms with Crippen molar-refractivity contribution in [1.29, 1.82) is 5.41 Å². The third-order valence-electron chi connectivity index (χ3n) is 0.416. The van der Waals surface area contributed by atoms with Gasteiger partial charge < -0.3 is 10.2 Å². The van der Waals surface area contributed by atoms with Crippen LogP contribution in [0, 0.1) is 5.41 Å². The highest BCUT2D eigenvalue weighted by Crippen LogP contribution is 1.66. The molecule has 0 aliphatic carbocycles. The molecule has 0 saturated heterocycles. The van der Waals surface area contributed by atoms with Crippen LogP contribution in [0.5, 0.6) is 0 Å². The molecule has 4 heteroatoms. The predicted molar refractivity (Wildman–Crippen MR) is 22.4 cm³/mol. The summed E-state index contributed by atoms with van der Waals surface area (Å²) in [6.45, 7) is -0.699. The van der Waals surface area contributed by atoms with Crippen LogP contribution in [0.2, 0.25) is 0 Å². The highest BCUT2D eigenvalue weighted by molar-refractivity contribution is 6.34. The Bertz CT molecular complexity index is 98.4. The molecule has 0 rings (SSSR count). The van der Waals surface area contributed by atoms with Gasteiger partial charge in [0.05, 0.1) is 6.61 Å². The van der Waals surface area contributed by atoms with Crippen molar-refractivity contribution in [2.45, 2.75) is 0 Å². The summed E-state index contributed by atoms with van der Waals surface area (Å²) in [7, 11) is 0. The Morgan fingerprint density at radius 1 is 1.71 bits per heavy atom. The maximum absolute atomic E-state index is 9.55. The summed E-state index contributed by atoms with van der Waals surface area (Å²) < 4.78 is 0. The molecule has 0 bridgehead atoms. The lowest BCUT2D eigenvalue weighted by Crippen LogP contribution is -2.14. The van der Waals surface area contributed by atoms with E-state index in [1.54, 1.807) is 0 Å². The first-order chi connectivity index (χ1) is 3.18. The zero-order chi connectivity index (χ0) is 5.86. The first kappa shape index (κ1) is 6.10. The summed E-state index contributed by atoms with van der Waals surface area (Å²) in [5, 5.41) is 22.0. The fourth-order valence-electron chi connectivity index (χ4n) is 0.0676. The Morgan fingerprint density at radius 2 is 2.14 bits per heavy atom. The van der Waals surface area contributed by atoms with Crippen LogP contribution in [0.25, 0.3) is 0 Å². The summed E-state index contributed by atoms with van der Waals surface area (Å²) in [6.07, 6.45) is 0. The highest BCUT2D eigenvalue weighted by atomic mass is 16.4. The van der Waals surface area contributed by atoms with Crippen molar-refractivity contribution in [3.05, 3.63) is 0 Å². The summed E-state index contributed by atoms with van der Waals surface area (Å²) >= 11 is 0. The number of rotatable bonds is 2. The number of hydrogen-bond donors (Lipinski definition) is 3. The van der Waals surface area contributed by atoms with Gasteiger partial charge in [0, 0.05) is 0 Å². The molecule has 7 heavy (non-hydrogen) atoms. The van der Waals surface area contributed by atoms with Gasteiger partial charge >= 0.3 is 5.97 Å². The lowest BCUT2D eigenvalue weighted by Gasteiger charge is -1.84. The van der Waals surface area contributed by atoms with Gasteiger partial charge in [-0.25, -0.2) is 4.79 Å². The van der Waals surface area contributed by atoms with Gasteiger partial charge in [-0.3, -0.25) is 5.41 Å². The Hall–Kier alpha value is -0.900. The topological polar surface area (TPSA) is 81.4 Å². The van der Waals surface area contributed by atoms with E-state index >= 15 is 0 Å². The molecule has 0 radical (unpaired) electrons. The molecule has 0 aromatic rings. The highest BCUT2D eigenvalue weighted by Gasteiger charge is 2.01. The second kappa shape index (κ2) is 2.30. The van der Waals surface area contributed by atoms with Crippen LogP contribution in [0.4, 0.5) is 0 Å². The van der Waals surface area contributed by atoms with E-state index in [0.29, 0.717) is 0 Å². The minimum Gasteiger partial charge on any atom is -0.477 e. The van der Waals surface area contributed by atoms with E-state index in [0.717, 1.165) is 0 Å². The Kier molecular flexibility index (Phi) is 2.01. The fourth-order valence-corrected chi connectivity index (χ4v) is 0.0676. The van der Waals surface area contributed by atoms with Crippen LogP contribution in [0.1, 0.15) is 0 Å². The summed E-state index contributed by atoms with van der Waals surface area (Å²) in [5.41, 5.74) is -0.681. The van der Waals surface area contributed by atoms with Crippen molar-refractivity contribution < 1.29 is 15.0 Å². The Labute approximate surface area is 39.9 Å². The van der Waals surface area contributed by atoms with Gasteiger partial charge in [-0.1, -0.05) is 0 Å². The van der Waals surface area contributed by atoms with Gasteiger partial charge in [-0.05, 0) is 0 Å². The van der Waals surface area contributed by atoms with Gasteiger partial charge in [-0.2, -0.15) is 0 Å². The third kappa shape index (κ3) is 1.88. The molecule has 0 aromatic heterocycles. The van der Waals surface area contributed by atoms with E-state index < -0.39 is 18.3 Å². The molecule has 0 spiro atoms. The van der Waals surface area contributed by atoms with E-state index in [1.807, 2.05) is 0 Å². The first-order valence-electron chi connectivity index (χ1n) is 1.60. The molecule has 4 nitrogen and oxygen atoms in total. The molecule has 0 saturated carbocycles. The number of aliphatic hydroxyl groups excluding tert-OH is 1. The zero-order valence-electron chi connectivity index (χ0n) is 3.51.